The number of hydrogen-bond acceptors (Lipinski definition) is 2. The Hall–Kier alpha value is -1.30. The summed E-state index contributed by atoms with van der Waals surface area (Å²) in [5.74, 6) is -0.319. The Morgan fingerprint density at radius 2 is 1.95 bits per heavy atom. The van der Waals surface area contributed by atoms with Crippen LogP contribution < -0.4 is 5.32 Å². The predicted molar refractivity (Wildman–Crippen MR) is 82.8 cm³/mol. The van der Waals surface area contributed by atoms with Gasteiger partial charge in [-0.05, 0) is 49.7 Å². The average molecular weight is 344 g/mol. The molecular weight excluding hydrogens is 322 g/mol. The molecule has 0 aliphatic heterocycles. The standard InChI is InChI=1S/C14H22BrN3O2/c1-9(2)16-13(19)8-17(5)14(20)12-6-11(15)7-18(12)10(3)4/h6-7,9-10H,8H2,1-5H3,(H,16,19). The van der Waals surface area contributed by atoms with Crippen LogP contribution in [0.15, 0.2) is 16.7 Å². The van der Waals surface area contributed by atoms with Gasteiger partial charge in [-0.3, -0.25) is 9.59 Å². The Labute approximate surface area is 128 Å². The van der Waals surface area contributed by atoms with Crippen molar-refractivity contribution in [3.05, 3.63) is 22.4 Å². The van der Waals surface area contributed by atoms with E-state index in [1.165, 1.54) is 4.90 Å². The van der Waals surface area contributed by atoms with E-state index in [-0.39, 0.29) is 30.4 Å². The molecule has 1 aromatic heterocycles. The van der Waals surface area contributed by atoms with Crippen molar-refractivity contribution in [1.82, 2.24) is 14.8 Å². The Balaban J connectivity index is 2.82. The van der Waals surface area contributed by atoms with E-state index in [0.717, 1.165) is 4.47 Å². The third-order valence-corrected chi connectivity index (χ3v) is 3.20. The van der Waals surface area contributed by atoms with E-state index in [1.54, 1.807) is 13.1 Å². The van der Waals surface area contributed by atoms with Crippen molar-refractivity contribution in [2.24, 2.45) is 0 Å². The molecule has 1 aromatic rings. The molecule has 0 spiro atoms. The first-order valence-corrected chi connectivity index (χ1v) is 7.43. The minimum atomic E-state index is -0.164. The smallest absolute Gasteiger partial charge is 0.270 e. The summed E-state index contributed by atoms with van der Waals surface area (Å²) in [6.45, 7) is 7.85. The lowest BCUT2D eigenvalue weighted by Gasteiger charge is -2.20. The molecule has 5 nitrogen and oxygen atoms in total. The first-order chi connectivity index (χ1) is 9.22. The molecule has 112 valence electrons. The van der Waals surface area contributed by atoms with E-state index >= 15 is 0 Å². The SMILES string of the molecule is CC(C)NC(=O)CN(C)C(=O)c1cc(Br)cn1C(C)C. The van der Waals surface area contributed by atoms with Gasteiger partial charge in [-0.15, -0.1) is 0 Å². The maximum absolute atomic E-state index is 12.4. The summed E-state index contributed by atoms with van der Waals surface area (Å²) in [4.78, 5) is 25.5. The summed E-state index contributed by atoms with van der Waals surface area (Å²) in [5, 5.41) is 2.77. The fourth-order valence-corrected chi connectivity index (χ4v) is 2.33. The molecule has 0 unspecified atom stereocenters. The van der Waals surface area contributed by atoms with Crippen molar-refractivity contribution in [1.29, 1.82) is 0 Å². The van der Waals surface area contributed by atoms with Crippen LogP contribution in [-0.2, 0) is 4.79 Å². The van der Waals surface area contributed by atoms with Crippen molar-refractivity contribution in [3.8, 4) is 0 Å². The minimum absolute atomic E-state index is 0.0535. The first kappa shape index (κ1) is 16.8. The molecule has 0 radical (unpaired) electrons. The van der Waals surface area contributed by atoms with Crippen LogP contribution in [0.1, 0.15) is 44.2 Å². The molecule has 6 heteroatoms. The lowest BCUT2D eigenvalue weighted by atomic mass is 10.3. The zero-order chi connectivity index (χ0) is 15.4. The van der Waals surface area contributed by atoms with Crippen molar-refractivity contribution in [2.75, 3.05) is 13.6 Å². The molecule has 20 heavy (non-hydrogen) atoms. The van der Waals surface area contributed by atoms with Crippen molar-refractivity contribution in [3.63, 3.8) is 0 Å². The molecule has 1 N–H and O–H groups in total. The number of hydrogen-bond donors (Lipinski definition) is 1. The van der Waals surface area contributed by atoms with Crippen molar-refractivity contribution >= 4 is 27.7 Å². The van der Waals surface area contributed by atoms with E-state index in [0.29, 0.717) is 5.69 Å². The van der Waals surface area contributed by atoms with Gasteiger partial charge in [0.15, 0.2) is 0 Å². The monoisotopic (exact) mass is 343 g/mol. The van der Waals surface area contributed by atoms with Gasteiger partial charge in [0.1, 0.15) is 5.69 Å². The Kier molecular flexibility index (Phi) is 5.80. The fraction of sp³-hybridized carbons (Fsp3) is 0.571. The maximum atomic E-state index is 12.4. The molecule has 1 rings (SSSR count). The van der Waals surface area contributed by atoms with Gasteiger partial charge in [-0.25, -0.2) is 0 Å². The van der Waals surface area contributed by atoms with Crippen LogP contribution in [0, 0.1) is 0 Å². The summed E-state index contributed by atoms with van der Waals surface area (Å²) in [6.07, 6.45) is 1.87. The number of aromatic nitrogens is 1. The predicted octanol–water partition coefficient (Wildman–Crippen LogP) is 2.43. The molecular formula is C14H22BrN3O2. The summed E-state index contributed by atoms with van der Waals surface area (Å²) in [5.41, 5.74) is 0.576. The maximum Gasteiger partial charge on any atom is 0.270 e. The zero-order valence-electron chi connectivity index (χ0n) is 12.6. The van der Waals surface area contributed by atoms with Gasteiger partial charge in [0.2, 0.25) is 5.91 Å². The molecule has 0 fully saturated rings. The fourth-order valence-electron chi connectivity index (χ4n) is 1.89. The molecule has 1 heterocycles. The Morgan fingerprint density at radius 1 is 1.35 bits per heavy atom. The number of halogens is 1. The third kappa shape index (κ3) is 4.37. The number of carbonyl (C=O) groups is 2. The molecule has 0 aliphatic rings. The van der Waals surface area contributed by atoms with E-state index in [4.69, 9.17) is 0 Å². The second-order valence-electron chi connectivity index (χ2n) is 5.43. The highest BCUT2D eigenvalue weighted by atomic mass is 79.9. The van der Waals surface area contributed by atoms with Gasteiger partial charge < -0.3 is 14.8 Å². The summed E-state index contributed by atoms with van der Waals surface area (Å²) >= 11 is 3.38. The largest absolute Gasteiger partial charge is 0.352 e. The van der Waals surface area contributed by atoms with Crippen LogP contribution in [-0.4, -0.2) is 40.9 Å². The van der Waals surface area contributed by atoms with Crippen LogP contribution >= 0.6 is 15.9 Å². The van der Waals surface area contributed by atoms with Gasteiger partial charge in [0.25, 0.3) is 5.91 Å². The third-order valence-electron chi connectivity index (χ3n) is 2.77. The molecule has 0 aliphatic carbocycles. The molecule has 0 bridgehead atoms. The van der Waals surface area contributed by atoms with E-state index < -0.39 is 0 Å². The van der Waals surface area contributed by atoms with Crippen LogP contribution in [0.2, 0.25) is 0 Å². The summed E-state index contributed by atoms with van der Waals surface area (Å²) in [7, 11) is 1.63. The van der Waals surface area contributed by atoms with E-state index in [9.17, 15) is 9.59 Å². The number of carbonyl (C=O) groups excluding carboxylic acids is 2. The first-order valence-electron chi connectivity index (χ1n) is 6.64. The average Bonchev–Trinajstić information content (AvgIpc) is 2.69. The number of rotatable bonds is 5. The van der Waals surface area contributed by atoms with Gasteiger partial charge in [-0.2, -0.15) is 0 Å². The highest BCUT2D eigenvalue weighted by molar-refractivity contribution is 9.10. The minimum Gasteiger partial charge on any atom is -0.352 e. The number of nitrogens with one attached hydrogen (secondary N) is 1. The van der Waals surface area contributed by atoms with Gasteiger partial charge >= 0.3 is 0 Å². The lowest BCUT2D eigenvalue weighted by molar-refractivity contribution is -0.122. The second-order valence-corrected chi connectivity index (χ2v) is 6.34. The topological polar surface area (TPSA) is 54.3 Å². The molecule has 2 amide bonds. The molecule has 0 aromatic carbocycles. The van der Waals surface area contributed by atoms with E-state index in [1.807, 2.05) is 38.5 Å². The Morgan fingerprint density at radius 3 is 2.45 bits per heavy atom. The van der Waals surface area contributed by atoms with Gasteiger partial charge in [0, 0.05) is 29.8 Å². The van der Waals surface area contributed by atoms with Gasteiger partial charge in [0.05, 0.1) is 6.54 Å². The van der Waals surface area contributed by atoms with E-state index in [2.05, 4.69) is 21.2 Å². The quantitative estimate of drug-likeness (QED) is 0.892. The van der Waals surface area contributed by atoms with Gasteiger partial charge in [-0.1, -0.05) is 0 Å². The van der Waals surface area contributed by atoms with Crippen LogP contribution in [0.3, 0.4) is 0 Å². The van der Waals surface area contributed by atoms with Crippen molar-refractivity contribution in [2.45, 2.75) is 39.8 Å². The highest BCUT2D eigenvalue weighted by Crippen LogP contribution is 2.20. The molecule has 0 atom stereocenters. The number of likely N-dealkylation sites (N-methyl/N-ethyl adjacent to an activating group) is 1. The summed E-state index contributed by atoms with van der Waals surface area (Å²) < 4.78 is 2.75. The summed E-state index contributed by atoms with van der Waals surface area (Å²) in [6, 6.07) is 2.02. The highest BCUT2D eigenvalue weighted by Gasteiger charge is 2.20. The number of nitrogens with zero attached hydrogens (tertiary/aromatic N) is 2. The van der Waals surface area contributed by atoms with Crippen LogP contribution in [0.25, 0.3) is 0 Å². The van der Waals surface area contributed by atoms with Crippen LogP contribution in [0.4, 0.5) is 0 Å². The lowest BCUT2D eigenvalue weighted by Crippen LogP contribution is -2.41. The number of amides is 2. The van der Waals surface area contributed by atoms with Crippen LogP contribution in [0.5, 0.6) is 0 Å². The zero-order valence-corrected chi connectivity index (χ0v) is 14.2. The normalized spacial score (nSPS) is 11.0. The van der Waals surface area contributed by atoms with Crippen molar-refractivity contribution < 1.29 is 9.59 Å². The molecule has 0 saturated heterocycles. The molecule has 0 saturated carbocycles. The Bertz CT molecular complexity index is 495. The second kappa shape index (κ2) is 6.92.